The molecule has 82 valence electrons. The highest BCUT2D eigenvalue weighted by Gasteiger charge is 2.17. The van der Waals surface area contributed by atoms with E-state index >= 15 is 0 Å². The van der Waals surface area contributed by atoms with E-state index < -0.39 is 6.04 Å². The summed E-state index contributed by atoms with van der Waals surface area (Å²) in [6, 6.07) is -0.749. The van der Waals surface area contributed by atoms with Crippen molar-refractivity contribution in [2.75, 3.05) is 6.54 Å². The lowest BCUT2D eigenvalue weighted by atomic mass is 10.0. The molecule has 0 amide bonds. The van der Waals surface area contributed by atoms with E-state index in [2.05, 4.69) is 5.32 Å². The third-order valence-electron chi connectivity index (χ3n) is 2.09. The zero-order valence-corrected chi connectivity index (χ0v) is 9.33. The van der Waals surface area contributed by atoms with Gasteiger partial charge in [0.15, 0.2) is 11.6 Å². The number of rotatable bonds is 6. The van der Waals surface area contributed by atoms with Gasteiger partial charge in [0, 0.05) is 5.92 Å². The average molecular weight is 200 g/mol. The first-order valence-corrected chi connectivity index (χ1v) is 4.91. The van der Waals surface area contributed by atoms with E-state index in [9.17, 15) is 9.59 Å². The Bertz CT molecular complexity index is 212. The number of hydrogen-bond donors (Lipinski definition) is 2. The van der Waals surface area contributed by atoms with Crippen molar-refractivity contribution >= 4 is 11.6 Å². The van der Waals surface area contributed by atoms with E-state index in [0.29, 0.717) is 0 Å². The standard InChI is InChI=1S/C10H20N2O2/c1-6(2)10(14)8(4)12-5-9(13)7(3)11/h6-8,12H,5,11H2,1-4H3. The summed E-state index contributed by atoms with van der Waals surface area (Å²) in [6.45, 7) is 7.24. The molecule has 0 bridgehead atoms. The normalized spacial score (nSPS) is 15.3. The molecule has 2 atom stereocenters. The van der Waals surface area contributed by atoms with Gasteiger partial charge in [0.2, 0.25) is 0 Å². The highest BCUT2D eigenvalue weighted by molar-refractivity contribution is 5.88. The minimum atomic E-state index is -0.469. The van der Waals surface area contributed by atoms with E-state index in [1.165, 1.54) is 0 Å². The van der Waals surface area contributed by atoms with Gasteiger partial charge in [-0.1, -0.05) is 13.8 Å². The van der Waals surface area contributed by atoms with Crippen LogP contribution in [0.15, 0.2) is 0 Å². The summed E-state index contributed by atoms with van der Waals surface area (Å²) in [5, 5.41) is 2.87. The van der Waals surface area contributed by atoms with Crippen LogP contribution >= 0.6 is 0 Å². The number of Topliss-reactive ketones (excluding diaryl/α,β-unsaturated/α-hetero) is 2. The van der Waals surface area contributed by atoms with Crippen molar-refractivity contribution in [1.29, 1.82) is 0 Å². The largest absolute Gasteiger partial charge is 0.322 e. The summed E-state index contributed by atoms with van der Waals surface area (Å²) in [4.78, 5) is 22.6. The molecule has 0 heterocycles. The van der Waals surface area contributed by atoms with Gasteiger partial charge in [-0.3, -0.25) is 9.59 Å². The van der Waals surface area contributed by atoms with Crippen molar-refractivity contribution in [3.05, 3.63) is 0 Å². The number of carbonyl (C=O) groups is 2. The maximum Gasteiger partial charge on any atom is 0.162 e. The molecule has 0 fully saturated rings. The van der Waals surface area contributed by atoms with Crippen molar-refractivity contribution in [3.63, 3.8) is 0 Å². The van der Waals surface area contributed by atoms with Crippen LogP contribution in [0.2, 0.25) is 0 Å². The Morgan fingerprint density at radius 2 is 1.71 bits per heavy atom. The van der Waals surface area contributed by atoms with Crippen LogP contribution in [-0.2, 0) is 9.59 Å². The molecule has 4 heteroatoms. The summed E-state index contributed by atoms with van der Waals surface area (Å²) in [5.74, 6) is 0.0267. The molecule has 0 rings (SSSR count). The molecule has 14 heavy (non-hydrogen) atoms. The Morgan fingerprint density at radius 1 is 1.21 bits per heavy atom. The molecule has 0 aliphatic rings. The van der Waals surface area contributed by atoms with Crippen molar-refractivity contribution in [2.45, 2.75) is 39.8 Å². The fourth-order valence-electron chi connectivity index (χ4n) is 1.02. The predicted molar refractivity (Wildman–Crippen MR) is 56.0 cm³/mol. The van der Waals surface area contributed by atoms with Crippen LogP contribution in [-0.4, -0.2) is 30.2 Å². The minimum absolute atomic E-state index is 0.0112. The first-order valence-electron chi connectivity index (χ1n) is 4.91. The fourth-order valence-corrected chi connectivity index (χ4v) is 1.02. The van der Waals surface area contributed by atoms with Crippen molar-refractivity contribution < 1.29 is 9.59 Å². The second-order valence-electron chi connectivity index (χ2n) is 3.91. The molecule has 3 N–H and O–H groups in total. The Labute approximate surface area is 85.2 Å². The van der Waals surface area contributed by atoms with Gasteiger partial charge < -0.3 is 11.1 Å². The average Bonchev–Trinajstić information content (AvgIpc) is 2.11. The molecular formula is C10H20N2O2. The number of carbonyl (C=O) groups excluding carboxylic acids is 2. The fraction of sp³-hybridized carbons (Fsp3) is 0.800. The first-order chi connectivity index (χ1) is 6.36. The molecule has 4 nitrogen and oxygen atoms in total. The monoisotopic (exact) mass is 200 g/mol. The van der Waals surface area contributed by atoms with Gasteiger partial charge in [0.1, 0.15) is 0 Å². The molecule has 0 aliphatic carbocycles. The maximum absolute atomic E-state index is 11.4. The Kier molecular flexibility index (Phi) is 5.57. The van der Waals surface area contributed by atoms with Crippen LogP contribution in [0.3, 0.4) is 0 Å². The third-order valence-corrected chi connectivity index (χ3v) is 2.09. The van der Waals surface area contributed by atoms with Crippen LogP contribution in [0.4, 0.5) is 0 Å². The SMILES string of the molecule is CC(C)C(=O)C(C)NCC(=O)C(C)N. The quantitative estimate of drug-likeness (QED) is 0.638. The smallest absolute Gasteiger partial charge is 0.162 e. The van der Waals surface area contributed by atoms with E-state index in [1.54, 1.807) is 13.8 Å². The van der Waals surface area contributed by atoms with Gasteiger partial charge in [0.05, 0.1) is 18.6 Å². The summed E-state index contributed by atoms with van der Waals surface area (Å²) in [7, 11) is 0. The zero-order chi connectivity index (χ0) is 11.3. The Morgan fingerprint density at radius 3 is 2.07 bits per heavy atom. The molecule has 0 radical (unpaired) electrons. The number of nitrogens with one attached hydrogen (secondary N) is 1. The van der Waals surface area contributed by atoms with Crippen LogP contribution in [0.5, 0.6) is 0 Å². The second kappa shape index (κ2) is 5.88. The maximum atomic E-state index is 11.4. The summed E-state index contributed by atoms with van der Waals surface area (Å²) in [6.07, 6.45) is 0. The molecule has 0 saturated carbocycles. The Balaban J connectivity index is 3.91. The summed E-state index contributed by atoms with van der Waals surface area (Å²) in [5.41, 5.74) is 5.38. The summed E-state index contributed by atoms with van der Waals surface area (Å²) < 4.78 is 0. The van der Waals surface area contributed by atoms with Gasteiger partial charge in [-0.05, 0) is 13.8 Å². The molecule has 0 aromatic heterocycles. The lowest BCUT2D eigenvalue weighted by Gasteiger charge is -2.14. The lowest BCUT2D eigenvalue weighted by molar-refractivity contribution is -0.124. The van der Waals surface area contributed by atoms with E-state index in [4.69, 9.17) is 5.73 Å². The molecule has 0 aromatic rings. The predicted octanol–water partition coefficient (Wildman–Crippen LogP) is 0.106. The van der Waals surface area contributed by atoms with Gasteiger partial charge in [-0.2, -0.15) is 0 Å². The van der Waals surface area contributed by atoms with Gasteiger partial charge in [0.25, 0.3) is 0 Å². The van der Waals surface area contributed by atoms with E-state index in [-0.39, 0.29) is 30.1 Å². The highest BCUT2D eigenvalue weighted by Crippen LogP contribution is 1.98. The molecule has 2 unspecified atom stereocenters. The lowest BCUT2D eigenvalue weighted by Crippen LogP contribution is -2.43. The number of nitrogens with two attached hydrogens (primary N) is 1. The van der Waals surface area contributed by atoms with E-state index in [1.807, 2.05) is 13.8 Å². The second-order valence-corrected chi connectivity index (χ2v) is 3.91. The molecule has 0 spiro atoms. The molecule has 0 saturated heterocycles. The van der Waals surface area contributed by atoms with Crippen LogP contribution < -0.4 is 11.1 Å². The van der Waals surface area contributed by atoms with E-state index in [0.717, 1.165) is 0 Å². The highest BCUT2D eigenvalue weighted by atomic mass is 16.1. The van der Waals surface area contributed by atoms with Crippen molar-refractivity contribution in [2.24, 2.45) is 11.7 Å². The Hall–Kier alpha value is -0.740. The van der Waals surface area contributed by atoms with Gasteiger partial charge >= 0.3 is 0 Å². The zero-order valence-electron chi connectivity index (χ0n) is 9.33. The minimum Gasteiger partial charge on any atom is -0.322 e. The van der Waals surface area contributed by atoms with Crippen LogP contribution in [0, 0.1) is 5.92 Å². The number of hydrogen-bond acceptors (Lipinski definition) is 4. The molecule has 0 aromatic carbocycles. The molecular weight excluding hydrogens is 180 g/mol. The van der Waals surface area contributed by atoms with Crippen LogP contribution in [0.25, 0.3) is 0 Å². The molecule has 0 aliphatic heterocycles. The third kappa shape index (κ3) is 4.48. The first kappa shape index (κ1) is 13.3. The summed E-state index contributed by atoms with van der Waals surface area (Å²) >= 11 is 0. The topological polar surface area (TPSA) is 72.2 Å². The van der Waals surface area contributed by atoms with Gasteiger partial charge in [-0.15, -0.1) is 0 Å². The van der Waals surface area contributed by atoms with Gasteiger partial charge in [-0.25, -0.2) is 0 Å². The number of ketones is 2. The van der Waals surface area contributed by atoms with Crippen LogP contribution in [0.1, 0.15) is 27.7 Å². The van der Waals surface area contributed by atoms with Crippen molar-refractivity contribution in [3.8, 4) is 0 Å². The van der Waals surface area contributed by atoms with Crippen molar-refractivity contribution in [1.82, 2.24) is 5.32 Å².